The number of carbonyl (C=O) groups is 1. The lowest BCUT2D eigenvalue weighted by molar-refractivity contribution is -0.118. The number of benzene rings is 1. The van der Waals surface area contributed by atoms with Gasteiger partial charge in [-0.25, -0.2) is 0 Å². The van der Waals surface area contributed by atoms with Gasteiger partial charge >= 0.3 is 0 Å². The first-order valence-corrected chi connectivity index (χ1v) is 6.84. The van der Waals surface area contributed by atoms with E-state index in [9.17, 15) is 4.79 Å². The second kappa shape index (κ2) is 7.14. The molecule has 2 aliphatic rings. The van der Waals surface area contributed by atoms with Crippen LogP contribution in [0.25, 0.3) is 0 Å². The first-order valence-electron chi connectivity index (χ1n) is 6.84. The predicted octanol–water partition coefficient (Wildman–Crippen LogP) is 2.98. The Balaban J connectivity index is 0.000000148. The fraction of sp³-hybridized carbons (Fsp3) is 0.533. The minimum atomic E-state index is -0.0938. The van der Waals surface area contributed by atoms with E-state index in [1.54, 1.807) is 0 Å². The van der Waals surface area contributed by atoms with Gasteiger partial charge < -0.3 is 14.8 Å². The van der Waals surface area contributed by atoms with Crippen LogP contribution in [0.4, 0.5) is 5.69 Å². The highest BCUT2D eigenvalue weighted by Crippen LogP contribution is 2.25. The van der Waals surface area contributed by atoms with E-state index in [4.69, 9.17) is 9.47 Å². The van der Waals surface area contributed by atoms with Crippen LogP contribution in [0.1, 0.15) is 32.1 Å². The van der Waals surface area contributed by atoms with Crippen LogP contribution < -0.4 is 10.1 Å². The summed E-state index contributed by atoms with van der Waals surface area (Å²) in [5.74, 6) is 0.649. The molecule has 1 amide bonds. The fourth-order valence-corrected chi connectivity index (χ4v) is 2.33. The lowest BCUT2D eigenvalue weighted by Crippen LogP contribution is -2.25. The van der Waals surface area contributed by atoms with E-state index in [0.29, 0.717) is 6.10 Å². The number of carbonyl (C=O) groups excluding carboxylic acids is 1. The summed E-state index contributed by atoms with van der Waals surface area (Å²) in [4.78, 5) is 10.8. The summed E-state index contributed by atoms with van der Waals surface area (Å²) in [6, 6.07) is 7.37. The van der Waals surface area contributed by atoms with Crippen molar-refractivity contribution in [3.8, 4) is 5.75 Å². The summed E-state index contributed by atoms with van der Waals surface area (Å²) in [7, 11) is 1.82. The molecule has 1 heterocycles. The second-order valence-corrected chi connectivity index (χ2v) is 4.83. The molecule has 1 aliphatic heterocycles. The zero-order chi connectivity index (χ0) is 13.5. The average Bonchev–Trinajstić information content (AvgIpc) is 2.48. The van der Waals surface area contributed by atoms with Crippen molar-refractivity contribution in [2.24, 2.45) is 0 Å². The Labute approximate surface area is 114 Å². The number of amides is 1. The Bertz CT molecular complexity index is 414. The molecule has 0 aromatic heterocycles. The zero-order valence-electron chi connectivity index (χ0n) is 11.4. The Morgan fingerprint density at radius 2 is 1.95 bits per heavy atom. The number of ether oxygens (including phenoxy) is 2. The normalized spacial score (nSPS) is 18.5. The van der Waals surface area contributed by atoms with Gasteiger partial charge in [0.1, 0.15) is 5.75 Å². The molecule has 4 nitrogen and oxygen atoms in total. The number of anilines is 1. The Kier molecular flexibility index (Phi) is 5.21. The summed E-state index contributed by atoms with van der Waals surface area (Å²) in [6.07, 6.45) is 7.33. The molecule has 1 N–H and O–H groups in total. The summed E-state index contributed by atoms with van der Waals surface area (Å²) in [5, 5.41) is 2.70. The summed E-state index contributed by atoms with van der Waals surface area (Å²) < 4.78 is 10.3. The molecule has 4 heteroatoms. The van der Waals surface area contributed by atoms with Gasteiger partial charge in [-0.2, -0.15) is 0 Å². The zero-order valence-corrected chi connectivity index (χ0v) is 11.4. The Morgan fingerprint density at radius 3 is 2.63 bits per heavy atom. The van der Waals surface area contributed by atoms with E-state index < -0.39 is 0 Å². The van der Waals surface area contributed by atoms with E-state index in [1.807, 2.05) is 31.4 Å². The van der Waals surface area contributed by atoms with Gasteiger partial charge in [-0.1, -0.05) is 31.4 Å². The SMILES string of the molecule is COC1CCCCC1.O=C1COc2ccccc2N1. The first kappa shape index (κ1) is 13.9. The van der Waals surface area contributed by atoms with E-state index in [-0.39, 0.29) is 12.5 Å². The van der Waals surface area contributed by atoms with Crippen LogP contribution in [-0.4, -0.2) is 25.7 Å². The van der Waals surface area contributed by atoms with Gasteiger partial charge in [-0.3, -0.25) is 4.79 Å². The lowest BCUT2D eigenvalue weighted by atomic mass is 9.98. The molecule has 19 heavy (non-hydrogen) atoms. The van der Waals surface area contributed by atoms with Gasteiger partial charge in [0.05, 0.1) is 11.8 Å². The Morgan fingerprint density at radius 1 is 1.21 bits per heavy atom. The minimum absolute atomic E-state index is 0.0938. The van der Waals surface area contributed by atoms with Crippen molar-refractivity contribution in [3.05, 3.63) is 24.3 Å². The molecule has 1 aliphatic carbocycles. The van der Waals surface area contributed by atoms with Crippen LogP contribution in [0, 0.1) is 0 Å². The van der Waals surface area contributed by atoms with E-state index in [2.05, 4.69) is 5.32 Å². The largest absolute Gasteiger partial charge is 0.482 e. The highest BCUT2D eigenvalue weighted by atomic mass is 16.5. The van der Waals surface area contributed by atoms with Gasteiger partial charge in [-0.15, -0.1) is 0 Å². The number of rotatable bonds is 1. The molecule has 1 fully saturated rings. The molecular weight excluding hydrogens is 242 g/mol. The number of para-hydroxylation sites is 2. The van der Waals surface area contributed by atoms with Crippen molar-refractivity contribution in [3.63, 3.8) is 0 Å². The van der Waals surface area contributed by atoms with Gasteiger partial charge in [0, 0.05) is 7.11 Å². The van der Waals surface area contributed by atoms with E-state index in [1.165, 1.54) is 32.1 Å². The predicted molar refractivity (Wildman–Crippen MR) is 74.4 cm³/mol. The van der Waals surface area contributed by atoms with Crippen molar-refractivity contribution in [2.75, 3.05) is 19.0 Å². The molecule has 0 radical (unpaired) electrons. The highest BCUT2D eigenvalue weighted by Gasteiger charge is 2.13. The van der Waals surface area contributed by atoms with Gasteiger partial charge in [0.15, 0.2) is 6.61 Å². The molecule has 0 atom stereocenters. The van der Waals surface area contributed by atoms with Crippen LogP contribution >= 0.6 is 0 Å². The standard InChI is InChI=1S/C8H7NO2.C7H14O/c10-8-5-11-7-4-2-1-3-6(7)9-8;1-8-7-5-3-2-4-6-7/h1-4H,5H2,(H,9,10);7H,2-6H2,1H3. The molecule has 0 bridgehead atoms. The first-order chi connectivity index (χ1) is 9.29. The monoisotopic (exact) mass is 263 g/mol. The highest BCUT2D eigenvalue weighted by molar-refractivity contribution is 5.95. The molecule has 3 rings (SSSR count). The van der Waals surface area contributed by atoms with Crippen LogP contribution in [0.2, 0.25) is 0 Å². The third-order valence-corrected chi connectivity index (χ3v) is 3.41. The summed E-state index contributed by atoms with van der Waals surface area (Å²) in [6.45, 7) is 0.122. The van der Waals surface area contributed by atoms with Crippen LogP contribution in [0.5, 0.6) is 5.75 Å². The van der Waals surface area contributed by atoms with E-state index >= 15 is 0 Å². The number of hydrogen-bond acceptors (Lipinski definition) is 3. The van der Waals surface area contributed by atoms with Gasteiger partial charge in [0.2, 0.25) is 0 Å². The van der Waals surface area contributed by atoms with Gasteiger partial charge in [-0.05, 0) is 25.0 Å². The van der Waals surface area contributed by atoms with Crippen molar-refractivity contribution in [2.45, 2.75) is 38.2 Å². The molecule has 0 saturated heterocycles. The maximum absolute atomic E-state index is 10.8. The smallest absolute Gasteiger partial charge is 0.262 e. The molecule has 1 aromatic rings. The van der Waals surface area contributed by atoms with Gasteiger partial charge in [0.25, 0.3) is 5.91 Å². The second-order valence-electron chi connectivity index (χ2n) is 4.83. The molecule has 104 valence electrons. The van der Waals surface area contributed by atoms with Crippen LogP contribution in [0.15, 0.2) is 24.3 Å². The fourth-order valence-electron chi connectivity index (χ4n) is 2.33. The quantitative estimate of drug-likeness (QED) is 0.847. The molecular formula is C15H21NO3. The van der Waals surface area contributed by atoms with Crippen molar-refractivity contribution in [1.29, 1.82) is 0 Å². The van der Waals surface area contributed by atoms with Crippen LogP contribution in [-0.2, 0) is 9.53 Å². The molecule has 0 unspecified atom stereocenters. The number of nitrogens with one attached hydrogen (secondary N) is 1. The van der Waals surface area contributed by atoms with Crippen molar-refractivity contribution in [1.82, 2.24) is 0 Å². The number of methoxy groups -OCH3 is 1. The molecule has 1 aromatic carbocycles. The number of hydrogen-bond donors (Lipinski definition) is 1. The topological polar surface area (TPSA) is 47.6 Å². The maximum atomic E-state index is 10.8. The Hall–Kier alpha value is -1.55. The molecule has 1 saturated carbocycles. The van der Waals surface area contributed by atoms with E-state index in [0.717, 1.165) is 11.4 Å². The lowest BCUT2D eigenvalue weighted by Gasteiger charge is -2.19. The summed E-state index contributed by atoms with van der Waals surface area (Å²) in [5.41, 5.74) is 0.753. The summed E-state index contributed by atoms with van der Waals surface area (Å²) >= 11 is 0. The van der Waals surface area contributed by atoms with Crippen molar-refractivity contribution >= 4 is 11.6 Å². The third-order valence-electron chi connectivity index (χ3n) is 3.41. The number of fused-ring (bicyclic) bond motifs is 1. The maximum Gasteiger partial charge on any atom is 0.262 e. The van der Waals surface area contributed by atoms with Crippen molar-refractivity contribution < 1.29 is 14.3 Å². The van der Waals surface area contributed by atoms with Crippen LogP contribution in [0.3, 0.4) is 0 Å². The minimum Gasteiger partial charge on any atom is -0.482 e. The average molecular weight is 263 g/mol. The third kappa shape index (κ3) is 4.24. The molecule has 0 spiro atoms.